The van der Waals surface area contributed by atoms with E-state index in [0.29, 0.717) is 11.0 Å². The van der Waals surface area contributed by atoms with Gasteiger partial charge in [0.2, 0.25) is 0 Å². The summed E-state index contributed by atoms with van der Waals surface area (Å²) in [5.41, 5.74) is 3.64. The predicted molar refractivity (Wildman–Crippen MR) is 120 cm³/mol. The first-order valence-corrected chi connectivity index (χ1v) is 10.4. The first-order chi connectivity index (χ1) is 14.5. The molecule has 0 saturated heterocycles. The molecule has 5 rings (SSSR count). The Morgan fingerprint density at radius 3 is 2.63 bits per heavy atom. The van der Waals surface area contributed by atoms with Crippen LogP contribution < -0.4 is 11.2 Å². The average Bonchev–Trinajstić information content (AvgIpc) is 3.07. The standard InChI is InChI=1S/C24H18N2O3S/c1-14-8-9-18-17(11-20(27)29-19(18)10-14)12-26-13-25-23-22(24(26)28)21(15(2)30-23)16-6-4-3-5-7-16/h3-11,13H,12H2,1-2H3. The minimum atomic E-state index is -0.429. The second-order valence-electron chi connectivity index (χ2n) is 7.35. The number of thiophene rings is 1. The molecule has 0 radical (unpaired) electrons. The Balaban J connectivity index is 1.70. The summed E-state index contributed by atoms with van der Waals surface area (Å²) in [6.07, 6.45) is 1.56. The fourth-order valence-corrected chi connectivity index (χ4v) is 4.86. The van der Waals surface area contributed by atoms with Gasteiger partial charge in [-0.2, -0.15) is 0 Å². The molecule has 0 fully saturated rings. The number of aryl methyl sites for hydroxylation is 2. The minimum Gasteiger partial charge on any atom is -0.423 e. The molecule has 0 aliphatic carbocycles. The predicted octanol–water partition coefficient (Wildman–Crippen LogP) is 4.90. The van der Waals surface area contributed by atoms with E-state index in [-0.39, 0.29) is 12.1 Å². The number of fused-ring (bicyclic) bond motifs is 2. The molecule has 0 saturated carbocycles. The van der Waals surface area contributed by atoms with Crippen molar-refractivity contribution in [2.24, 2.45) is 0 Å². The van der Waals surface area contributed by atoms with Gasteiger partial charge >= 0.3 is 5.63 Å². The summed E-state index contributed by atoms with van der Waals surface area (Å²) < 4.78 is 6.91. The van der Waals surface area contributed by atoms with Crippen LogP contribution in [0.2, 0.25) is 0 Å². The molecule has 0 bridgehead atoms. The Hall–Kier alpha value is -3.51. The van der Waals surface area contributed by atoms with Crippen molar-refractivity contribution in [1.82, 2.24) is 9.55 Å². The Bertz CT molecular complexity index is 1530. The third-order valence-electron chi connectivity index (χ3n) is 5.24. The van der Waals surface area contributed by atoms with Gasteiger partial charge in [0.25, 0.3) is 5.56 Å². The fourth-order valence-electron chi connectivity index (χ4n) is 3.85. The molecule has 0 spiro atoms. The molecular weight excluding hydrogens is 396 g/mol. The van der Waals surface area contributed by atoms with Crippen LogP contribution in [-0.4, -0.2) is 9.55 Å². The lowest BCUT2D eigenvalue weighted by Crippen LogP contribution is -2.21. The SMILES string of the molecule is Cc1ccc2c(Cn3cnc4sc(C)c(-c5ccccc5)c4c3=O)cc(=O)oc2c1. The Morgan fingerprint density at radius 2 is 1.83 bits per heavy atom. The van der Waals surface area contributed by atoms with E-state index in [4.69, 9.17) is 4.42 Å². The number of rotatable bonds is 3. The molecule has 6 heteroatoms. The second kappa shape index (κ2) is 7.07. The third kappa shape index (κ3) is 3.06. The molecule has 5 aromatic rings. The van der Waals surface area contributed by atoms with Gasteiger partial charge in [-0.05, 0) is 36.6 Å². The molecule has 0 N–H and O–H groups in total. The first-order valence-electron chi connectivity index (χ1n) is 9.58. The summed E-state index contributed by atoms with van der Waals surface area (Å²) in [5, 5.41) is 1.44. The molecule has 0 aliphatic rings. The number of hydrogen-bond acceptors (Lipinski definition) is 5. The smallest absolute Gasteiger partial charge is 0.336 e. The van der Waals surface area contributed by atoms with E-state index >= 15 is 0 Å². The van der Waals surface area contributed by atoms with Crippen LogP contribution in [0, 0.1) is 13.8 Å². The van der Waals surface area contributed by atoms with Crippen LogP contribution in [-0.2, 0) is 6.54 Å². The highest BCUT2D eigenvalue weighted by Crippen LogP contribution is 2.35. The number of hydrogen-bond donors (Lipinski definition) is 0. The quantitative estimate of drug-likeness (QED) is 0.394. The molecule has 5 nitrogen and oxygen atoms in total. The van der Waals surface area contributed by atoms with Crippen molar-refractivity contribution in [2.45, 2.75) is 20.4 Å². The lowest BCUT2D eigenvalue weighted by molar-refractivity contribution is 0.557. The maximum absolute atomic E-state index is 13.4. The normalized spacial score (nSPS) is 11.4. The van der Waals surface area contributed by atoms with Gasteiger partial charge in [0.1, 0.15) is 10.4 Å². The maximum Gasteiger partial charge on any atom is 0.336 e. The second-order valence-corrected chi connectivity index (χ2v) is 8.55. The Labute approximate surface area is 175 Å². The van der Waals surface area contributed by atoms with Gasteiger partial charge in [-0.15, -0.1) is 11.3 Å². The summed E-state index contributed by atoms with van der Waals surface area (Å²) in [6, 6.07) is 17.1. The van der Waals surface area contributed by atoms with E-state index in [0.717, 1.165) is 37.3 Å². The summed E-state index contributed by atoms with van der Waals surface area (Å²) >= 11 is 1.52. The molecule has 3 aromatic heterocycles. The topological polar surface area (TPSA) is 65.1 Å². The zero-order chi connectivity index (χ0) is 20.8. The van der Waals surface area contributed by atoms with Gasteiger partial charge in [0.15, 0.2) is 0 Å². The number of nitrogens with zero attached hydrogens (tertiary/aromatic N) is 2. The van der Waals surface area contributed by atoms with Gasteiger partial charge in [-0.25, -0.2) is 9.78 Å². The van der Waals surface area contributed by atoms with Crippen molar-refractivity contribution in [3.8, 4) is 11.1 Å². The molecule has 2 aromatic carbocycles. The first kappa shape index (κ1) is 18.5. The molecule has 0 atom stereocenters. The summed E-state index contributed by atoms with van der Waals surface area (Å²) in [5.74, 6) is 0. The lowest BCUT2D eigenvalue weighted by Gasteiger charge is -2.09. The van der Waals surface area contributed by atoms with E-state index in [9.17, 15) is 9.59 Å². The summed E-state index contributed by atoms with van der Waals surface area (Å²) in [7, 11) is 0. The van der Waals surface area contributed by atoms with Gasteiger partial charge in [-0.1, -0.05) is 42.5 Å². The van der Waals surface area contributed by atoms with Crippen molar-refractivity contribution in [2.75, 3.05) is 0 Å². The highest BCUT2D eigenvalue weighted by Gasteiger charge is 2.17. The molecule has 0 amide bonds. The lowest BCUT2D eigenvalue weighted by atomic mass is 10.0. The summed E-state index contributed by atoms with van der Waals surface area (Å²) in [6.45, 7) is 4.20. The molecule has 3 heterocycles. The highest BCUT2D eigenvalue weighted by atomic mass is 32.1. The Morgan fingerprint density at radius 1 is 1.03 bits per heavy atom. The molecule has 148 valence electrons. The van der Waals surface area contributed by atoms with Crippen LogP contribution in [0.25, 0.3) is 32.3 Å². The van der Waals surface area contributed by atoms with Gasteiger partial charge in [0.05, 0.1) is 18.3 Å². The van der Waals surface area contributed by atoms with Crippen LogP contribution in [0.3, 0.4) is 0 Å². The van der Waals surface area contributed by atoms with Crippen molar-refractivity contribution in [3.05, 3.63) is 97.7 Å². The highest BCUT2D eigenvalue weighted by molar-refractivity contribution is 7.19. The van der Waals surface area contributed by atoms with Crippen molar-refractivity contribution < 1.29 is 4.42 Å². The monoisotopic (exact) mass is 414 g/mol. The zero-order valence-electron chi connectivity index (χ0n) is 16.5. The van der Waals surface area contributed by atoms with E-state index in [2.05, 4.69) is 4.98 Å². The van der Waals surface area contributed by atoms with Crippen molar-refractivity contribution in [1.29, 1.82) is 0 Å². The van der Waals surface area contributed by atoms with E-state index in [1.165, 1.54) is 17.4 Å². The van der Waals surface area contributed by atoms with E-state index in [1.54, 1.807) is 10.9 Å². The minimum absolute atomic E-state index is 0.114. The van der Waals surface area contributed by atoms with Crippen molar-refractivity contribution >= 4 is 32.5 Å². The Kier molecular flexibility index (Phi) is 4.37. The van der Waals surface area contributed by atoms with Gasteiger partial charge < -0.3 is 4.42 Å². The van der Waals surface area contributed by atoms with Gasteiger partial charge in [-0.3, -0.25) is 9.36 Å². The van der Waals surface area contributed by atoms with Crippen LogP contribution in [0.1, 0.15) is 16.0 Å². The molecule has 0 aliphatic heterocycles. The van der Waals surface area contributed by atoms with E-state index < -0.39 is 5.63 Å². The van der Waals surface area contributed by atoms with Crippen LogP contribution >= 0.6 is 11.3 Å². The number of benzene rings is 2. The third-order valence-corrected chi connectivity index (χ3v) is 6.26. The van der Waals surface area contributed by atoms with Crippen LogP contribution in [0.5, 0.6) is 0 Å². The van der Waals surface area contributed by atoms with Crippen molar-refractivity contribution in [3.63, 3.8) is 0 Å². The van der Waals surface area contributed by atoms with Crippen LogP contribution in [0.4, 0.5) is 0 Å². The van der Waals surface area contributed by atoms with E-state index in [1.807, 2.05) is 62.4 Å². The van der Waals surface area contributed by atoms with Gasteiger partial charge in [0, 0.05) is 21.9 Å². The summed E-state index contributed by atoms with van der Waals surface area (Å²) in [4.78, 5) is 31.8. The molecule has 0 unspecified atom stereocenters. The molecular formula is C24H18N2O3S. The maximum atomic E-state index is 13.4. The average molecular weight is 414 g/mol. The van der Waals surface area contributed by atoms with Crippen LogP contribution in [0.15, 0.2) is 74.9 Å². The largest absolute Gasteiger partial charge is 0.423 e. The zero-order valence-corrected chi connectivity index (χ0v) is 17.3. The molecule has 30 heavy (non-hydrogen) atoms. The fraction of sp³-hybridized carbons (Fsp3) is 0.125. The number of aromatic nitrogens is 2.